The molecule has 122 valence electrons. The van der Waals surface area contributed by atoms with Crippen molar-refractivity contribution < 1.29 is 4.79 Å². The molecule has 0 aliphatic rings. The molecular formula is C16H14ClN5OS. The van der Waals surface area contributed by atoms with Crippen LogP contribution in [0.4, 0.5) is 10.9 Å². The molecule has 0 bridgehead atoms. The van der Waals surface area contributed by atoms with Gasteiger partial charge in [0.05, 0.1) is 5.56 Å². The van der Waals surface area contributed by atoms with Crippen molar-refractivity contribution in [2.24, 2.45) is 0 Å². The van der Waals surface area contributed by atoms with E-state index in [4.69, 9.17) is 11.6 Å². The van der Waals surface area contributed by atoms with Gasteiger partial charge in [0.1, 0.15) is 11.3 Å². The number of rotatable bonds is 6. The van der Waals surface area contributed by atoms with Gasteiger partial charge < -0.3 is 5.32 Å². The molecule has 8 heteroatoms. The Kier molecular flexibility index (Phi) is 5.35. The maximum atomic E-state index is 12.0. The van der Waals surface area contributed by atoms with Crippen molar-refractivity contribution in [1.29, 1.82) is 0 Å². The Morgan fingerprint density at radius 1 is 1.21 bits per heavy atom. The van der Waals surface area contributed by atoms with E-state index >= 15 is 0 Å². The van der Waals surface area contributed by atoms with Gasteiger partial charge in [-0.25, -0.2) is 4.98 Å². The molecule has 0 spiro atoms. The zero-order valence-corrected chi connectivity index (χ0v) is 14.1. The molecule has 2 heterocycles. The monoisotopic (exact) mass is 359 g/mol. The van der Waals surface area contributed by atoms with Crippen molar-refractivity contribution in [2.75, 3.05) is 17.2 Å². The maximum Gasteiger partial charge on any atom is 0.259 e. The summed E-state index contributed by atoms with van der Waals surface area (Å²) in [7, 11) is 0. The topological polar surface area (TPSA) is 79.8 Å². The third kappa shape index (κ3) is 4.27. The number of halogens is 1. The first-order valence-corrected chi connectivity index (χ1v) is 8.49. The normalized spacial score (nSPS) is 10.4. The number of nitrogens with zero attached hydrogens (tertiary/aromatic N) is 3. The smallest absolute Gasteiger partial charge is 0.259 e. The molecule has 24 heavy (non-hydrogen) atoms. The minimum atomic E-state index is -0.262. The van der Waals surface area contributed by atoms with Gasteiger partial charge in [-0.05, 0) is 30.2 Å². The molecule has 2 aromatic heterocycles. The van der Waals surface area contributed by atoms with Gasteiger partial charge in [0, 0.05) is 17.8 Å². The first-order valence-electron chi connectivity index (χ1n) is 7.23. The van der Waals surface area contributed by atoms with Crippen LogP contribution in [-0.2, 0) is 6.42 Å². The fourth-order valence-electron chi connectivity index (χ4n) is 2.06. The van der Waals surface area contributed by atoms with Gasteiger partial charge in [-0.3, -0.25) is 10.1 Å². The maximum absolute atomic E-state index is 12.0. The molecule has 0 fully saturated rings. The Balaban J connectivity index is 1.53. The SMILES string of the molecule is O=C(Nc1nncs1)c1ccc(NCCc2ccccc2Cl)nc1. The van der Waals surface area contributed by atoms with Gasteiger partial charge in [0.15, 0.2) is 0 Å². The summed E-state index contributed by atoms with van der Waals surface area (Å²) in [4.78, 5) is 16.3. The summed E-state index contributed by atoms with van der Waals surface area (Å²) < 4.78 is 0. The van der Waals surface area contributed by atoms with Gasteiger partial charge in [-0.1, -0.05) is 41.1 Å². The summed E-state index contributed by atoms with van der Waals surface area (Å²) >= 11 is 7.38. The fraction of sp³-hybridized carbons (Fsp3) is 0.125. The first-order chi connectivity index (χ1) is 11.7. The van der Waals surface area contributed by atoms with Crippen LogP contribution in [0.15, 0.2) is 48.1 Å². The number of nitrogens with one attached hydrogen (secondary N) is 2. The summed E-state index contributed by atoms with van der Waals surface area (Å²) in [5.74, 6) is 0.441. The van der Waals surface area contributed by atoms with Crippen LogP contribution in [0.5, 0.6) is 0 Å². The van der Waals surface area contributed by atoms with Gasteiger partial charge in [0.2, 0.25) is 5.13 Å². The number of carbonyl (C=O) groups excluding carboxylic acids is 1. The highest BCUT2D eigenvalue weighted by Crippen LogP contribution is 2.16. The Hall–Kier alpha value is -2.51. The fourth-order valence-corrected chi connectivity index (χ4v) is 2.73. The first kappa shape index (κ1) is 16.4. The number of amides is 1. The van der Waals surface area contributed by atoms with Crippen LogP contribution in [0.3, 0.4) is 0 Å². The van der Waals surface area contributed by atoms with Crippen LogP contribution in [0.2, 0.25) is 5.02 Å². The van der Waals surface area contributed by atoms with E-state index < -0.39 is 0 Å². The number of pyridine rings is 1. The average Bonchev–Trinajstić information content (AvgIpc) is 3.10. The van der Waals surface area contributed by atoms with Gasteiger partial charge in [-0.2, -0.15) is 0 Å². The van der Waals surface area contributed by atoms with Crippen LogP contribution >= 0.6 is 22.9 Å². The van der Waals surface area contributed by atoms with E-state index in [1.165, 1.54) is 17.5 Å². The highest BCUT2D eigenvalue weighted by Gasteiger charge is 2.08. The van der Waals surface area contributed by atoms with E-state index in [1.807, 2.05) is 24.3 Å². The molecule has 0 unspecified atom stereocenters. The minimum Gasteiger partial charge on any atom is -0.370 e. The van der Waals surface area contributed by atoms with Crippen molar-refractivity contribution in [2.45, 2.75) is 6.42 Å². The van der Waals surface area contributed by atoms with Crippen molar-refractivity contribution in [3.05, 3.63) is 64.3 Å². The second-order valence-corrected chi connectivity index (χ2v) is 6.14. The molecular weight excluding hydrogens is 346 g/mol. The van der Waals surface area contributed by atoms with E-state index in [-0.39, 0.29) is 5.91 Å². The summed E-state index contributed by atoms with van der Waals surface area (Å²) in [6.07, 6.45) is 2.31. The molecule has 0 saturated heterocycles. The van der Waals surface area contributed by atoms with Crippen molar-refractivity contribution in [1.82, 2.24) is 15.2 Å². The summed E-state index contributed by atoms with van der Waals surface area (Å²) in [5.41, 5.74) is 3.10. The van der Waals surface area contributed by atoms with E-state index in [0.29, 0.717) is 23.1 Å². The van der Waals surface area contributed by atoms with Crippen molar-refractivity contribution in [3.63, 3.8) is 0 Å². The number of benzene rings is 1. The molecule has 1 aromatic carbocycles. The van der Waals surface area contributed by atoms with E-state index in [1.54, 1.807) is 17.6 Å². The van der Waals surface area contributed by atoms with Crippen LogP contribution < -0.4 is 10.6 Å². The third-order valence-corrected chi connectivity index (χ3v) is 4.24. The van der Waals surface area contributed by atoms with E-state index in [2.05, 4.69) is 25.8 Å². The molecule has 0 radical (unpaired) electrons. The Bertz CT molecular complexity index is 808. The zero-order chi connectivity index (χ0) is 16.8. The highest BCUT2D eigenvalue weighted by atomic mass is 35.5. The lowest BCUT2D eigenvalue weighted by Crippen LogP contribution is -2.13. The largest absolute Gasteiger partial charge is 0.370 e. The molecule has 0 aliphatic heterocycles. The number of anilines is 2. The quantitative estimate of drug-likeness (QED) is 0.704. The molecule has 0 atom stereocenters. The van der Waals surface area contributed by atoms with Gasteiger partial charge in [-0.15, -0.1) is 10.2 Å². The number of aromatic nitrogens is 3. The second-order valence-electron chi connectivity index (χ2n) is 4.90. The predicted molar refractivity (Wildman–Crippen MR) is 95.7 cm³/mol. The molecule has 1 amide bonds. The predicted octanol–water partition coefficient (Wildman–Crippen LogP) is 3.49. The summed E-state index contributed by atoms with van der Waals surface area (Å²) in [6, 6.07) is 11.2. The zero-order valence-electron chi connectivity index (χ0n) is 12.6. The van der Waals surface area contributed by atoms with E-state index in [0.717, 1.165) is 17.0 Å². The Morgan fingerprint density at radius 2 is 2.08 bits per heavy atom. The van der Waals surface area contributed by atoms with Crippen molar-refractivity contribution in [3.8, 4) is 0 Å². The molecule has 2 N–H and O–H groups in total. The van der Waals surface area contributed by atoms with Crippen LogP contribution in [0.25, 0.3) is 0 Å². The Labute approximate surface area is 147 Å². The van der Waals surface area contributed by atoms with E-state index in [9.17, 15) is 4.79 Å². The molecule has 3 rings (SSSR count). The van der Waals surface area contributed by atoms with Gasteiger partial charge in [0.25, 0.3) is 5.91 Å². The number of carbonyl (C=O) groups is 1. The molecule has 0 saturated carbocycles. The lowest BCUT2D eigenvalue weighted by Gasteiger charge is -2.07. The summed E-state index contributed by atoms with van der Waals surface area (Å²) in [6.45, 7) is 0.701. The number of hydrogen-bond acceptors (Lipinski definition) is 6. The number of hydrogen-bond donors (Lipinski definition) is 2. The van der Waals surface area contributed by atoms with Crippen LogP contribution in [0, 0.1) is 0 Å². The third-order valence-electron chi connectivity index (χ3n) is 3.26. The lowest BCUT2D eigenvalue weighted by atomic mass is 10.1. The summed E-state index contributed by atoms with van der Waals surface area (Å²) in [5, 5.41) is 14.5. The molecule has 6 nitrogen and oxygen atoms in total. The highest BCUT2D eigenvalue weighted by molar-refractivity contribution is 7.13. The molecule has 3 aromatic rings. The Morgan fingerprint density at radius 3 is 2.79 bits per heavy atom. The van der Waals surface area contributed by atoms with Crippen LogP contribution in [0.1, 0.15) is 15.9 Å². The minimum absolute atomic E-state index is 0.262. The average molecular weight is 360 g/mol. The second kappa shape index (κ2) is 7.85. The van der Waals surface area contributed by atoms with Gasteiger partial charge >= 0.3 is 0 Å². The lowest BCUT2D eigenvalue weighted by molar-refractivity contribution is 0.102. The van der Waals surface area contributed by atoms with Crippen molar-refractivity contribution >= 4 is 39.8 Å². The standard InChI is InChI=1S/C16H14ClN5OS/c17-13-4-2-1-3-11(13)7-8-18-14-6-5-12(9-19-14)15(23)21-16-22-20-10-24-16/h1-6,9-10H,7-8H2,(H,18,19)(H,21,22,23). The molecule has 0 aliphatic carbocycles. The van der Waals surface area contributed by atoms with Crippen LogP contribution in [-0.4, -0.2) is 27.6 Å².